The van der Waals surface area contributed by atoms with E-state index in [1.165, 1.54) is 20.8 Å². The highest BCUT2D eigenvalue weighted by Gasteiger charge is 2.17. The van der Waals surface area contributed by atoms with Gasteiger partial charge in [-0.15, -0.1) is 10.2 Å². The number of likely N-dealkylation sites (N-methyl/N-ethyl adjacent to an activating group) is 1. The summed E-state index contributed by atoms with van der Waals surface area (Å²) in [5.74, 6) is 0.252. The summed E-state index contributed by atoms with van der Waals surface area (Å²) in [4.78, 5) is 30.6. The van der Waals surface area contributed by atoms with Gasteiger partial charge in [0, 0.05) is 7.05 Å². The number of rotatable bonds is 3. The molecule has 1 amide bonds. The fourth-order valence-electron chi connectivity index (χ4n) is 2.13. The Kier molecular flexibility index (Phi) is 3.68. The highest BCUT2D eigenvalue weighted by atomic mass is 32.1. The third kappa shape index (κ3) is 2.48. The van der Waals surface area contributed by atoms with Crippen LogP contribution in [0.25, 0.3) is 10.9 Å². The van der Waals surface area contributed by atoms with Crippen LogP contribution in [0.5, 0.6) is 0 Å². The number of benzene rings is 1. The van der Waals surface area contributed by atoms with Gasteiger partial charge < -0.3 is 0 Å². The summed E-state index contributed by atoms with van der Waals surface area (Å²) in [5, 5.41) is 8.54. The van der Waals surface area contributed by atoms with Gasteiger partial charge in [-0.2, -0.15) is 0 Å². The van der Waals surface area contributed by atoms with Crippen LogP contribution in [0.1, 0.15) is 5.82 Å². The normalized spacial score (nSPS) is 10.8. The number of carbonyl (C=O) groups is 1. The van der Waals surface area contributed by atoms with Crippen molar-refractivity contribution in [2.45, 2.75) is 13.5 Å². The summed E-state index contributed by atoms with van der Waals surface area (Å²) >= 11 is 1.26. The van der Waals surface area contributed by atoms with Crippen molar-refractivity contribution in [3.05, 3.63) is 46.0 Å². The molecule has 0 saturated heterocycles. The van der Waals surface area contributed by atoms with Crippen LogP contribution in [-0.2, 0) is 11.3 Å². The number of fused-ring (bicyclic) bond motifs is 1. The minimum absolute atomic E-state index is 0.0847. The number of nitrogens with zero attached hydrogens (tertiary/aromatic N) is 5. The standard InChI is InChI=1S/C14H13N5O2S/c1-9-16-11-6-4-3-5-10(11)13(21)19(9)7-12(20)18(2)14-17-15-8-22-14/h3-6,8H,7H2,1-2H3. The van der Waals surface area contributed by atoms with Crippen LogP contribution in [-0.4, -0.2) is 32.7 Å². The van der Waals surface area contributed by atoms with Crippen molar-refractivity contribution in [3.8, 4) is 0 Å². The SMILES string of the molecule is Cc1nc2ccccc2c(=O)n1CC(=O)N(C)c1nncs1. The summed E-state index contributed by atoms with van der Waals surface area (Å²) in [6, 6.07) is 7.09. The fraction of sp³-hybridized carbons (Fsp3) is 0.214. The van der Waals surface area contributed by atoms with E-state index in [9.17, 15) is 9.59 Å². The predicted molar refractivity (Wildman–Crippen MR) is 84.1 cm³/mol. The average molecular weight is 315 g/mol. The molecule has 2 aromatic heterocycles. The lowest BCUT2D eigenvalue weighted by molar-refractivity contribution is -0.119. The van der Waals surface area contributed by atoms with Crippen molar-refractivity contribution in [2.75, 3.05) is 11.9 Å². The largest absolute Gasteiger partial charge is 0.288 e. The Balaban J connectivity index is 1.97. The van der Waals surface area contributed by atoms with E-state index in [0.717, 1.165) is 0 Å². The minimum atomic E-state index is -0.251. The predicted octanol–water partition coefficient (Wildman–Crippen LogP) is 1.22. The van der Waals surface area contributed by atoms with Crippen molar-refractivity contribution in [3.63, 3.8) is 0 Å². The summed E-state index contributed by atoms with van der Waals surface area (Å²) in [5.41, 5.74) is 1.96. The zero-order chi connectivity index (χ0) is 15.7. The summed E-state index contributed by atoms with van der Waals surface area (Å²) in [7, 11) is 1.61. The number of aromatic nitrogens is 4. The molecular weight excluding hydrogens is 302 g/mol. The molecular formula is C14H13N5O2S. The van der Waals surface area contributed by atoms with Crippen LogP contribution >= 0.6 is 11.3 Å². The van der Waals surface area contributed by atoms with E-state index in [2.05, 4.69) is 15.2 Å². The van der Waals surface area contributed by atoms with Gasteiger partial charge in [0.15, 0.2) is 0 Å². The number of amides is 1. The van der Waals surface area contributed by atoms with Gasteiger partial charge in [-0.1, -0.05) is 23.5 Å². The first-order valence-corrected chi connectivity index (χ1v) is 7.45. The number of anilines is 1. The number of hydrogen-bond donors (Lipinski definition) is 0. The maximum atomic E-state index is 12.5. The van der Waals surface area contributed by atoms with Crippen molar-refractivity contribution in [2.24, 2.45) is 0 Å². The lowest BCUT2D eigenvalue weighted by Crippen LogP contribution is -2.35. The first kappa shape index (κ1) is 14.3. The molecule has 0 aliphatic rings. The second-order valence-corrected chi connectivity index (χ2v) is 5.55. The molecule has 0 spiro atoms. The second-order valence-electron chi connectivity index (χ2n) is 4.74. The molecule has 0 bridgehead atoms. The van der Waals surface area contributed by atoms with Gasteiger partial charge in [0.05, 0.1) is 10.9 Å². The first-order chi connectivity index (χ1) is 10.6. The molecule has 0 fully saturated rings. The van der Waals surface area contributed by atoms with Gasteiger partial charge in [0.2, 0.25) is 11.0 Å². The minimum Gasteiger partial charge on any atom is -0.288 e. The Morgan fingerprint density at radius 2 is 2.14 bits per heavy atom. The van der Waals surface area contributed by atoms with E-state index in [0.29, 0.717) is 21.9 Å². The van der Waals surface area contributed by atoms with E-state index >= 15 is 0 Å². The fourth-order valence-corrected chi connectivity index (χ4v) is 2.67. The van der Waals surface area contributed by atoms with Gasteiger partial charge in [-0.25, -0.2) is 4.98 Å². The smallest absolute Gasteiger partial charge is 0.261 e. The monoisotopic (exact) mass is 315 g/mol. The van der Waals surface area contributed by atoms with E-state index in [-0.39, 0.29) is 18.0 Å². The van der Waals surface area contributed by atoms with E-state index in [1.54, 1.807) is 37.7 Å². The van der Waals surface area contributed by atoms with Crippen LogP contribution in [0.2, 0.25) is 0 Å². The molecule has 112 valence electrons. The number of para-hydroxylation sites is 1. The number of aryl methyl sites for hydroxylation is 1. The van der Waals surface area contributed by atoms with Crippen LogP contribution in [0.3, 0.4) is 0 Å². The molecule has 0 atom stereocenters. The number of carbonyl (C=O) groups excluding carboxylic acids is 1. The molecule has 22 heavy (non-hydrogen) atoms. The number of hydrogen-bond acceptors (Lipinski definition) is 6. The molecule has 0 unspecified atom stereocenters. The van der Waals surface area contributed by atoms with Crippen LogP contribution in [0.15, 0.2) is 34.6 Å². The molecule has 0 radical (unpaired) electrons. The quantitative estimate of drug-likeness (QED) is 0.726. The van der Waals surface area contributed by atoms with Crippen LogP contribution < -0.4 is 10.5 Å². The Bertz CT molecular complexity index is 888. The van der Waals surface area contributed by atoms with Crippen molar-refractivity contribution in [1.29, 1.82) is 0 Å². The van der Waals surface area contributed by atoms with Gasteiger partial charge in [-0.3, -0.25) is 19.1 Å². The average Bonchev–Trinajstić information content (AvgIpc) is 3.04. The van der Waals surface area contributed by atoms with Gasteiger partial charge >= 0.3 is 0 Å². The third-order valence-electron chi connectivity index (χ3n) is 3.36. The lowest BCUT2D eigenvalue weighted by Gasteiger charge is -2.15. The maximum absolute atomic E-state index is 12.5. The van der Waals surface area contributed by atoms with Crippen molar-refractivity contribution in [1.82, 2.24) is 19.7 Å². The molecule has 8 heteroatoms. The van der Waals surface area contributed by atoms with Crippen LogP contribution in [0.4, 0.5) is 5.13 Å². The lowest BCUT2D eigenvalue weighted by atomic mass is 10.2. The first-order valence-electron chi connectivity index (χ1n) is 6.57. The molecule has 0 saturated carbocycles. The summed E-state index contributed by atoms with van der Waals surface area (Å²) in [6.07, 6.45) is 0. The van der Waals surface area contributed by atoms with Crippen molar-refractivity contribution >= 4 is 33.3 Å². The van der Waals surface area contributed by atoms with Crippen molar-refractivity contribution < 1.29 is 4.79 Å². The Labute approximate surface area is 129 Å². The maximum Gasteiger partial charge on any atom is 0.261 e. The molecule has 0 N–H and O–H groups in total. The molecule has 2 heterocycles. The topological polar surface area (TPSA) is 81.0 Å². The van der Waals surface area contributed by atoms with E-state index < -0.39 is 0 Å². The highest BCUT2D eigenvalue weighted by Crippen LogP contribution is 2.14. The van der Waals surface area contributed by atoms with Crippen LogP contribution in [0, 0.1) is 6.92 Å². The zero-order valence-corrected chi connectivity index (χ0v) is 12.9. The summed E-state index contributed by atoms with van der Waals surface area (Å²) < 4.78 is 1.38. The van der Waals surface area contributed by atoms with Gasteiger partial charge in [-0.05, 0) is 19.1 Å². The molecule has 7 nitrogen and oxygen atoms in total. The Hall–Kier alpha value is -2.61. The molecule has 1 aromatic carbocycles. The molecule has 0 aliphatic carbocycles. The highest BCUT2D eigenvalue weighted by molar-refractivity contribution is 7.13. The summed E-state index contributed by atoms with van der Waals surface area (Å²) in [6.45, 7) is 1.63. The van der Waals surface area contributed by atoms with E-state index in [1.807, 2.05) is 6.07 Å². The Morgan fingerprint density at radius 3 is 2.86 bits per heavy atom. The third-order valence-corrected chi connectivity index (χ3v) is 4.12. The van der Waals surface area contributed by atoms with E-state index in [4.69, 9.17) is 0 Å². The van der Waals surface area contributed by atoms with Gasteiger partial charge in [0.1, 0.15) is 17.9 Å². The molecule has 3 rings (SSSR count). The molecule has 0 aliphatic heterocycles. The Morgan fingerprint density at radius 1 is 1.36 bits per heavy atom. The zero-order valence-electron chi connectivity index (χ0n) is 12.1. The second kappa shape index (κ2) is 5.64. The van der Waals surface area contributed by atoms with Gasteiger partial charge in [0.25, 0.3) is 5.56 Å². The molecule has 3 aromatic rings.